The lowest BCUT2D eigenvalue weighted by Gasteiger charge is -2.17. The molecule has 110 valence electrons. The van der Waals surface area contributed by atoms with E-state index in [1.54, 1.807) is 0 Å². The van der Waals surface area contributed by atoms with Crippen LogP contribution < -0.4 is 11.1 Å². The van der Waals surface area contributed by atoms with Crippen LogP contribution in [-0.2, 0) is 17.6 Å². The summed E-state index contributed by atoms with van der Waals surface area (Å²) in [5.74, 6) is 0.268. The number of fused-ring (bicyclic) bond motifs is 1. The largest absolute Gasteiger partial charge is 0.352 e. The molecular weight excluding hydrogens is 248 g/mol. The quantitative estimate of drug-likeness (QED) is 0.837. The van der Waals surface area contributed by atoms with Crippen LogP contribution in [0.15, 0.2) is 24.3 Å². The Morgan fingerprint density at radius 3 is 2.40 bits per heavy atom. The Hall–Kier alpha value is -1.35. The van der Waals surface area contributed by atoms with Crippen LogP contribution in [0.2, 0.25) is 0 Å². The van der Waals surface area contributed by atoms with Crippen molar-refractivity contribution in [3.63, 3.8) is 0 Å². The van der Waals surface area contributed by atoms with Gasteiger partial charge in [-0.2, -0.15) is 0 Å². The van der Waals surface area contributed by atoms with Gasteiger partial charge in [0, 0.05) is 18.0 Å². The molecule has 0 aliphatic heterocycles. The van der Waals surface area contributed by atoms with E-state index in [1.165, 1.54) is 11.1 Å². The molecule has 2 unspecified atom stereocenters. The Labute approximate surface area is 121 Å². The normalized spacial score (nSPS) is 17.6. The van der Waals surface area contributed by atoms with Gasteiger partial charge >= 0.3 is 0 Å². The molecule has 0 fully saturated rings. The lowest BCUT2D eigenvalue weighted by atomic mass is 10.0. The van der Waals surface area contributed by atoms with Crippen molar-refractivity contribution in [2.45, 2.75) is 58.0 Å². The summed E-state index contributed by atoms with van der Waals surface area (Å²) in [5, 5.41) is 3.19. The second-order valence-corrected chi connectivity index (χ2v) is 6.19. The second-order valence-electron chi connectivity index (χ2n) is 6.19. The van der Waals surface area contributed by atoms with Crippen molar-refractivity contribution in [1.29, 1.82) is 0 Å². The average molecular weight is 274 g/mol. The van der Waals surface area contributed by atoms with Gasteiger partial charge < -0.3 is 11.1 Å². The van der Waals surface area contributed by atoms with Crippen LogP contribution in [0.5, 0.6) is 0 Å². The molecule has 1 aromatic rings. The zero-order chi connectivity index (χ0) is 14.5. The molecule has 3 N–H and O–H groups in total. The molecule has 3 nitrogen and oxygen atoms in total. The maximum Gasteiger partial charge on any atom is 0.223 e. The van der Waals surface area contributed by atoms with Crippen LogP contribution in [0.1, 0.15) is 44.2 Å². The minimum Gasteiger partial charge on any atom is -0.352 e. The molecule has 0 saturated heterocycles. The number of carbonyl (C=O) groups excluding carboxylic acids is 1. The minimum absolute atomic E-state index is 0.0810. The summed E-state index contributed by atoms with van der Waals surface area (Å²) in [5.41, 5.74) is 8.49. The van der Waals surface area contributed by atoms with Gasteiger partial charge in [0.1, 0.15) is 0 Å². The highest BCUT2D eigenvalue weighted by atomic mass is 16.1. The molecule has 2 rings (SSSR count). The summed E-state index contributed by atoms with van der Waals surface area (Å²) in [4.78, 5) is 12.2. The molecule has 0 radical (unpaired) electrons. The van der Waals surface area contributed by atoms with E-state index in [2.05, 4.69) is 29.6 Å². The fraction of sp³-hybridized carbons (Fsp3) is 0.588. The summed E-state index contributed by atoms with van der Waals surface area (Å²) in [6, 6.07) is 8.96. The molecule has 1 aliphatic rings. The highest BCUT2D eigenvalue weighted by Crippen LogP contribution is 2.22. The van der Waals surface area contributed by atoms with E-state index < -0.39 is 0 Å². The van der Waals surface area contributed by atoms with Gasteiger partial charge in [0.25, 0.3) is 0 Å². The van der Waals surface area contributed by atoms with E-state index >= 15 is 0 Å². The number of amides is 1. The fourth-order valence-electron chi connectivity index (χ4n) is 2.88. The summed E-state index contributed by atoms with van der Waals surface area (Å²) in [6.45, 7) is 4.03. The predicted octanol–water partition coefficient (Wildman–Crippen LogP) is 2.42. The van der Waals surface area contributed by atoms with Crippen molar-refractivity contribution >= 4 is 5.91 Å². The van der Waals surface area contributed by atoms with Gasteiger partial charge in [0.05, 0.1) is 0 Å². The smallest absolute Gasteiger partial charge is 0.223 e. The highest BCUT2D eigenvalue weighted by Gasteiger charge is 2.24. The van der Waals surface area contributed by atoms with Crippen molar-refractivity contribution < 1.29 is 4.79 Å². The summed E-state index contributed by atoms with van der Waals surface area (Å²) in [6.07, 6.45) is 4.87. The Kier molecular flexibility index (Phi) is 5.18. The second kappa shape index (κ2) is 6.89. The minimum atomic E-state index is 0.0810. The Morgan fingerprint density at radius 2 is 1.85 bits per heavy atom. The van der Waals surface area contributed by atoms with E-state index in [-0.39, 0.29) is 23.9 Å². The van der Waals surface area contributed by atoms with Crippen LogP contribution in [0.25, 0.3) is 0 Å². The predicted molar refractivity (Wildman–Crippen MR) is 82.4 cm³/mol. The number of benzene rings is 1. The lowest BCUT2D eigenvalue weighted by Crippen LogP contribution is -2.38. The third-order valence-electron chi connectivity index (χ3n) is 4.14. The number of nitrogens with one attached hydrogen (secondary N) is 1. The Bertz CT molecular complexity index is 431. The van der Waals surface area contributed by atoms with Gasteiger partial charge in [-0.25, -0.2) is 0 Å². The SMILES string of the molecule is CC(N)CCCC(C)C(=O)NC1Cc2ccccc2C1. The van der Waals surface area contributed by atoms with Crippen molar-refractivity contribution in [2.75, 3.05) is 0 Å². The molecule has 20 heavy (non-hydrogen) atoms. The highest BCUT2D eigenvalue weighted by molar-refractivity contribution is 5.78. The number of hydrogen-bond donors (Lipinski definition) is 2. The van der Waals surface area contributed by atoms with Gasteiger partial charge in [0.2, 0.25) is 5.91 Å². The van der Waals surface area contributed by atoms with Crippen LogP contribution in [-0.4, -0.2) is 18.0 Å². The molecule has 0 saturated carbocycles. The molecule has 1 amide bonds. The van der Waals surface area contributed by atoms with Crippen molar-refractivity contribution in [3.05, 3.63) is 35.4 Å². The average Bonchev–Trinajstić information content (AvgIpc) is 2.80. The van der Waals surface area contributed by atoms with Crippen LogP contribution >= 0.6 is 0 Å². The third-order valence-corrected chi connectivity index (χ3v) is 4.14. The lowest BCUT2D eigenvalue weighted by molar-refractivity contribution is -0.125. The molecule has 0 heterocycles. The zero-order valence-corrected chi connectivity index (χ0v) is 12.6. The van der Waals surface area contributed by atoms with E-state index in [0.717, 1.165) is 32.1 Å². The number of hydrogen-bond acceptors (Lipinski definition) is 2. The van der Waals surface area contributed by atoms with Gasteiger partial charge in [-0.05, 0) is 43.7 Å². The maximum atomic E-state index is 12.2. The first-order valence-corrected chi connectivity index (χ1v) is 7.69. The molecular formula is C17H26N2O. The summed E-state index contributed by atoms with van der Waals surface area (Å²) >= 11 is 0. The molecule has 3 heteroatoms. The zero-order valence-electron chi connectivity index (χ0n) is 12.6. The van der Waals surface area contributed by atoms with E-state index in [1.807, 2.05) is 13.8 Å². The maximum absolute atomic E-state index is 12.2. The van der Waals surface area contributed by atoms with Gasteiger partial charge in [-0.15, -0.1) is 0 Å². The standard InChI is InChI=1S/C17H26N2O/c1-12(6-5-7-13(2)18)17(20)19-16-10-14-8-3-4-9-15(14)11-16/h3-4,8-9,12-13,16H,5-7,10-11,18H2,1-2H3,(H,19,20). The monoisotopic (exact) mass is 274 g/mol. The van der Waals surface area contributed by atoms with Crippen LogP contribution in [0.3, 0.4) is 0 Å². The molecule has 1 aliphatic carbocycles. The number of carbonyl (C=O) groups is 1. The molecule has 1 aromatic carbocycles. The summed E-state index contributed by atoms with van der Waals surface area (Å²) < 4.78 is 0. The summed E-state index contributed by atoms with van der Waals surface area (Å²) in [7, 11) is 0. The number of nitrogens with two attached hydrogens (primary N) is 1. The third kappa shape index (κ3) is 4.07. The van der Waals surface area contributed by atoms with Crippen LogP contribution in [0, 0.1) is 5.92 Å². The first-order chi connectivity index (χ1) is 9.56. The molecule has 0 bridgehead atoms. The number of rotatable bonds is 6. The molecule has 0 aromatic heterocycles. The first-order valence-electron chi connectivity index (χ1n) is 7.69. The van der Waals surface area contributed by atoms with Crippen LogP contribution in [0.4, 0.5) is 0 Å². The first kappa shape index (κ1) is 15.0. The van der Waals surface area contributed by atoms with Gasteiger partial charge in [0.15, 0.2) is 0 Å². The van der Waals surface area contributed by atoms with E-state index in [4.69, 9.17) is 5.73 Å². The van der Waals surface area contributed by atoms with E-state index in [9.17, 15) is 4.79 Å². The van der Waals surface area contributed by atoms with E-state index in [0.29, 0.717) is 0 Å². The van der Waals surface area contributed by atoms with Crippen molar-refractivity contribution in [3.8, 4) is 0 Å². The molecule has 0 spiro atoms. The Morgan fingerprint density at radius 1 is 1.25 bits per heavy atom. The van der Waals surface area contributed by atoms with Gasteiger partial charge in [-0.1, -0.05) is 37.6 Å². The Balaban J connectivity index is 1.76. The fourth-order valence-corrected chi connectivity index (χ4v) is 2.88. The topological polar surface area (TPSA) is 55.1 Å². The molecule has 2 atom stereocenters. The van der Waals surface area contributed by atoms with Crippen molar-refractivity contribution in [1.82, 2.24) is 5.32 Å². The van der Waals surface area contributed by atoms with Crippen molar-refractivity contribution in [2.24, 2.45) is 11.7 Å². The van der Waals surface area contributed by atoms with Gasteiger partial charge in [-0.3, -0.25) is 4.79 Å².